The van der Waals surface area contributed by atoms with Crippen molar-refractivity contribution in [2.75, 3.05) is 13.3 Å². The number of carbonyl (C=O) groups excluding carboxylic acids is 1. The molecule has 1 amide bonds. The monoisotopic (exact) mass is 155 g/mol. The van der Waals surface area contributed by atoms with Gasteiger partial charge in [0.05, 0.1) is 0 Å². The molecule has 0 aliphatic heterocycles. The van der Waals surface area contributed by atoms with Crippen molar-refractivity contribution in [2.24, 2.45) is 0 Å². The van der Waals surface area contributed by atoms with E-state index in [4.69, 9.17) is 11.2 Å². The molecule has 1 N–H and O–H groups in total. The van der Waals surface area contributed by atoms with Gasteiger partial charge in [-0.05, 0) is 12.3 Å². The van der Waals surface area contributed by atoms with E-state index in [9.17, 15) is 4.79 Å². The molecule has 0 aromatic rings. The van der Waals surface area contributed by atoms with E-state index < -0.39 is 5.91 Å². The van der Waals surface area contributed by atoms with Crippen molar-refractivity contribution in [3.05, 3.63) is 0 Å². The first-order valence-corrected chi connectivity index (χ1v) is 3.63. The van der Waals surface area contributed by atoms with Crippen LogP contribution in [0, 0.1) is 12.3 Å². The topological polar surface area (TPSA) is 38.3 Å². The molecular weight excluding hydrogens is 142 g/mol. The minimum atomic E-state index is -0.429. The zero-order valence-electron chi connectivity index (χ0n) is 6.72. The van der Waals surface area contributed by atoms with Crippen LogP contribution in [0.4, 0.5) is 0 Å². The highest BCUT2D eigenvalue weighted by Crippen LogP contribution is 1.85. The molecular formula is C8H13NO2. The molecule has 0 unspecified atom stereocenters. The molecule has 0 radical (unpaired) electrons. The van der Waals surface area contributed by atoms with Crippen LogP contribution in [0.5, 0.6) is 0 Å². The van der Waals surface area contributed by atoms with Gasteiger partial charge in [0.15, 0.2) is 0 Å². The van der Waals surface area contributed by atoms with Gasteiger partial charge in [0.1, 0.15) is 6.73 Å². The molecule has 0 aromatic heterocycles. The second-order valence-electron chi connectivity index (χ2n) is 2.06. The molecule has 11 heavy (non-hydrogen) atoms. The van der Waals surface area contributed by atoms with E-state index in [1.165, 1.54) is 0 Å². The van der Waals surface area contributed by atoms with E-state index >= 15 is 0 Å². The Morgan fingerprint density at radius 3 is 3.00 bits per heavy atom. The SMILES string of the molecule is C#CC(=O)NCOCCCC. The molecule has 0 rings (SSSR count). The average molecular weight is 155 g/mol. The summed E-state index contributed by atoms with van der Waals surface area (Å²) in [7, 11) is 0. The fourth-order valence-corrected chi connectivity index (χ4v) is 0.486. The Balaban J connectivity index is 3.03. The third kappa shape index (κ3) is 6.88. The second-order valence-corrected chi connectivity index (χ2v) is 2.06. The van der Waals surface area contributed by atoms with E-state index in [0.29, 0.717) is 6.61 Å². The van der Waals surface area contributed by atoms with Crippen LogP contribution in [0.3, 0.4) is 0 Å². The summed E-state index contributed by atoms with van der Waals surface area (Å²) in [5.74, 6) is 1.50. The first-order chi connectivity index (χ1) is 5.31. The van der Waals surface area contributed by atoms with Gasteiger partial charge in [-0.2, -0.15) is 0 Å². The van der Waals surface area contributed by atoms with E-state index in [1.54, 1.807) is 0 Å². The predicted octanol–water partition coefficient (Wildman–Crippen LogP) is 0.510. The van der Waals surface area contributed by atoms with Crippen LogP contribution in [0.25, 0.3) is 0 Å². The molecule has 0 bridgehead atoms. The van der Waals surface area contributed by atoms with Gasteiger partial charge < -0.3 is 10.1 Å². The number of hydrogen-bond donors (Lipinski definition) is 1. The fourth-order valence-electron chi connectivity index (χ4n) is 0.486. The zero-order chi connectivity index (χ0) is 8.53. The number of terminal acetylenes is 1. The van der Waals surface area contributed by atoms with Gasteiger partial charge in [0.2, 0.25) is 0 Å². The minimum absolute atomic E-state index is 0.211. The van der Waals surface area contributed by atoms with Gasteiger partial charge >= 0.3 is 0 Å². The Morgan fingerprint density at radius 2 is 2.45 bits per heavy atom. The highest BCUT2D eigenvalue weighted by molar-refractivity contribution is 5.92. The molecule has 0 saturated heterocycles. The summed E-state index contributed by atoms with van der Waals surface area (Å²) in [5, 5.41) is 2.39. The van der Waals surface area contributed by atoms with Gasteiger partial charge in [-0.25, -0.2) is 0 Å². The summed E-state index contributed by atoms with van der Waals surface area (Å²) in [5.41, 5.74) is 0. The lowest BCUT2D eigenvalue weighted by Crippen LogP contribution is -2.24. The maximum Gasteiger partial charge on any atom is 0.297 e. The normalized spacial score (nSPS) is 8.73. The lowest BCUT2D eigenvalue weighted by atomic mass is 10.4. The van der Waals surface area contributed by atoms with E-state index in [2.05, 4.69) is 12.2 Å². The zero-order valence-corrected chi connectivity index (χ0v) is 6.72. The number of carbonyl (C=O) groups is 1. The number of ether oxygens (including phenoxy) is 1. The molecule has 3 nitrogen and oxygen atoms in total. The Morgan fingerprint density at radius 1 is 1.73 bits per heavy atom. The van der Waals surface area contributed by atoms with Crippen LogP contribution in [0.15, 0.2) is 0 Å². The standard InChI is InChI=1S/C8H13NO2/c1-3-5-6-11-7-9-8(10)4-2/h2H,3,5-7H2,1H3,(H,9,10). The van der Waals surface area contributed by atoms with Crippen molar-refractivity contribution in [1.29, 1.82) is 0 Å². The Kier molecular flexibility index (Phi) is 6.45. The summed E-state index contributed by atoms with van der Waals surface area (Å²) in [6.07, 6.45) is 6.89. The van der Waals surface area contributed by atoms with Crippen molar-refractivity contribution in [2.45, 2.75) is 19.8 Å². The Bertz CT molecular complexity index is 149. The molecule has 0 atom stereocenters. The van der Waals surface area contributed by atoms with E-state index in [0.717, 1.165) is 12.8 Å². The van der Waals surface area contributed by atoms with Crippen LogP contribution < -0.4 is 5.32 Å². The molecule has 0 spiro atoms. The first-order valence-electron chi connectivity index (χ1n) is 3.63. The lowest BCUT2D eigenvalue weighted by Gasteiger charge is -2.01. The highest BCUT2D eigenvalue weighted by Gasteiger charge is 1.91. The maximum absolute atomic E-state index is 10.4. The average Bonchev–Trinajstić information content (AvgIpc) is 2.04. The van der Waals surface area contributed by atoms with Crippen molar-refractivity contribution in [3.63, 3.8) is 0 Å². The molecule has 0 saturated carbocycles. The summed E-state index contributed by atoms with van der Waals surface area (Å²) in [6.45, 7) is 2.95. The van der Waals surface area contributed by atoms with Gasteiger partial charge in [-0.1, -0.05) is 13.3 Å². The third-order valence-corrected chi connectivity index (χ3v) is 1.11. The van der Waals surface area contributed by atoms with Crippen LogP contribution in [-0.4, -0.2) is 19.2 Å². The van der Waals surface area contributed by atoms with Crippen molar-refractivity contribution in [1.82, 2.24) is 5.32 Å². The van der Waals surface area contributed by atoms with Crippen LogP contribution in [0.2, 0.25) is 0 Å². The van der Waals surface area contributed by atoms with Gasteiger partial charge in [-0.15, -0.1) is 6.42 Å². The van der Waals surface area contributed by atoms with Crippen LogP contribution in [-0.2, 0) is 9.53 Å². The van der Waals surface area contributed by atoms with Crippen molar-refractivity contribution in [3.8, 4) is 12.3 Å². The smallest absolute Gasteiger partial charge is 0.297 e. The van der Waals surface area contributed by atoms with Gasteiger partial charge in [-0.3, -0.25) is 4.79 Å². The fraction of sp³-hybridized carbons (Fsp3) is 0.625. The van der Waals surface area contributed by atoms with E-state index in [1.807, 2.05) is 5.92 Å². The van der Waals surface area contributed by atoms with Crippen LogP contribution in [0.1, 0.15) is 19.8 Å². The molecule has 0 aliphatic rings. The molecule has 3 heteroatoms. The minimum Gasteiger partial charge on any atom is -0.361 e. The van der Waals surface area contributed by atoms with Gasteiger partial charge in [0.25, 0.3) is 5.91 Å². The molecule has 0 aromatic carbocycles. The molecule has 0 heterocycles. The number of nitrogens with one attached hydrogen (secondary N) is 1. The molecule has 62 valence electrons. The number of amides is 1. The predicted molar refractivity (Wildman–Crippen MR) is 42.7 cm³/mol. The number of hydrogen-bond acceptors (Lipinski definition) is 2. The lowest BCUT2D eigenvalue weighted by molar-refractivity contribution is -0.117. The summed E-state index contributed by atoms with van der Waals surface area (Å²) in [4.78, 5) is 10.4. The molecule has 0 fully saturated rings. The van der Waals surface area contributed by atoms with Crippen LogP contribution >= 0.6 is 0 Å². The first kappa shape index (κ1) is 9.99. The highest BCUT2D eigenvalue weighted by atomic mass is 16.5. The number of unbranched alkanes of at least 4 members (excludes halogenated alkanes) is 1. The van der Waals surface area contributed by atoms with Gasteiger partial charge in [0, 0.05) is 6.61 Å². The Hall–Kier alpha value is -1.01. The maximum atomic E-state index is 10.4. The number of rotatable bonds is 5. The summed E-state index contributed by atoms with van der Waals surface area (Å²) < 4.78 is 5.02. The largest absolute Gasteiger partial charge is 0.361 e. The summed E-state index contributed by atoms with van der Waals surface area (Å²) >= 11 is 0. The van der Waals surface area contributed by atoms with Crippen molar-refractivity contribution < 1.29 is 9.53 Å². The van der Waals surface area contributed by atoms with Crippen molar-refractivity contribution >= 4 is 5.91 Å². The molecule has 0 aliphatic carbocycles. The van der Waals surface area contributed by atoms with E-state index in [-0.39, 0.29) is 6.73 Å². The Labute approximate surface area is 67.1 Å². The quantitative estimate of drug-likeness (QED) is 0.357. The summed E-state index contributed by atoms with van der Waals surface area (Å²) in [6, 6.07) is 0. The second kappa shape index (κ2) is 7.10. The third-order valence-electron chi connectivity index (χ3n) is 1.11.